The number of carbonyl (C=O) groups is 2. The van der Waals surface area contributed by atoms with Crippen LogP contribution in [-0.2, 0) is 9.47 Å². The number of carbonyl (C=O) groups excluding carboxylic acids is 2. The second kappa shape index (κ2) is 6.02. The zero-order chi connectivity index (χ0) is 13.8. The number of rotatable bonds is 6. The number of hydrogen-bond donors (Lipinski definition) is 0. The van der Waals surface area contributed by atoms with Gasteiger partial charge in [0.15, 0.2) is 11.5 Å². The minimum Gasteiger partial charge on any atom is -0.463 e. The van der Waals surface area contributed by atoms with E-state index in [4.69, 9.17) is 9.15 Å². The monoisotopic (exact) mass is 266 g/mol. The van der Waals surface area contributed by atoms with Gasteiger partial charge in [-0.05, 0) is 37.8 Å². The van der Waals surface area contributed by atoms with E-state index in [1.807, 2.05) is 6.92 Å². The van der Waals surface area contributed by atoms with Crippen LogP contribution in [0.4, 0.5) is 0 Å². The molecule has 0 bridgehead atoms. The van der Waals surface area contributed by atoms with Crippen molar-refractivity contribution in [1.82, 2.24) is 0 Å². The fourth-order valence-electron chi connectivity index (χ4n) is 2.27. The van der Waals surface area contributed by atoms with Crippen LogP contribution in [0.15, 0.2) is 16.5 Å². The lowest BCUT2D eigenvalue weighted by atomic mass is 9.79. The van der Waals surface area contributed by atoms with Gasteiger partial charge in [-0.25, -0.2) is 4.79 Å². The van der Waals surface area contributed by atoms with Crippen LogP contribution in [0.2, 0.25) is 0 Å². The highest BCUT2D eigenvalue weighted by Gasteiger charge is 2.32. The maximum atomic E-state index is 11.9. The lowest BCUT2D eigenvalue weighted by Gasteiger charge is -2.34. The summed E-state index contributed by atoms with van der Waals surface area (Å²) in [5.74, 6) is -0.00292. The van der Waals surface area contributed by atoms with Crippen LogP contribution in [0.25, 0.3) is 0 Å². The summed E-state index contributed by atoms with van der Waals surface area (Å²) in [6.07, 6.45) is 2.58. The van der Waals surface area contributed by atoms with Crippen molar-refractivity contribution in [3.05, 3.63) is 23.7 Å². The number of ketones is 1. The molecule has 1 fully saturated rings. The maximum absolute atomic E-state index is 11.9. The zero-order valence-corrected chi connectivity index (χ0v) is 11.2. The normalized spacial score (nSPS) is 21.8. The van der Waals surface area contributed by atoms with Gasteiger partial charge in [0.05, 0.1) is 13.2 Å². The van der Waals surface area contributed by atoms with E-state index >= 15 is 0 Å². The fraction of sp³-hybridized carbons (Fsp3) is 0.571. The third-order valence-electron chi connectivity index (χ3n) is 3.34. The van der Waals surface area contributed by atoms with Crippen molar-refractivity contribution in [2.24, 2.45) is 5.92 Å². The molecule has 0 spiro atoms. The van der Waals surface area contributed by atoms with Gasteiger partial charge in [-0.3, -0.25) is 4.79 Å². The number of Topliss-reactive ketones (excluding diaryl/α,β-unsaturated/α-hetero) is 1. The Morgan fingerprint density at radius 3 is 2.63 bits per heavy atom. The Kier molecular flexibility index (Phi) is 4.37. The molecule has 19 heavy (non-hydrogen) atoms. The van der Waals surface area contributed by atoms with Gasteiger partial charge in [0.2, 0.25) is 5.76 Å². The quantitative estimate of drug-likeness (QED) is 0.584. The summed E-state index contributed by atoms with van der Waals surface area (Å²) in [4.78, 5) is 23.2. The molecule has 0 aliphatic heterocycles. The van der Waals surface area contributed by atoms with Crippen molar-refractivity contribution in [1.29, 1.82) is 0 Å². The molecule has 1 aromatic rings. The van der Waals surface area contributed by atoms with E-state index in [9.17, 15) is 9.59 Å². The van der Waals surface area contributed by atoms with E-state index in [2.05, 4.69) is 4.74 Å². The van der Waals surface area contributed by atoms with Gasteiger partial charge in [0, 0.05) is 13.0 Å². The minimum atomic E-state index is -0.570. The molecule has 0 radical (unpaired) electrons. The Morgan fingerprint density at radius 2 is 2.00 bits per heavy atom. The highest BCUT2D eigenvalue weighted by Crippen LogP contribution is 2.33. The fourth-order valence-corrected chi connectivity index (χ4v) is 2.27. The number of esters is 1. The second-order valence-corrected chi connectivity index (χ2v) is 4.70. The summed E-state index contributed by atoms with van der Waals surface area (Å²) in [7, 11) is 1.27. The summed E-state index contributed by atoms with van der Waals surface area (Å²) >= 11 is 0. The molecule has 0 unspecified atom stereocenters. The van der Waals surface area contributed by atoms with Crippen LogP contribution in [-0.4, -0.2) is 31.6 Å². The molecule has 1 saturated carbocycles. The minimum absolute atomic E-state index is 0.0617. The van der Waals surface area contributed by atoms with E-state index in [1.54, 1.807) is 0 Å². The summed E-state index contributed by atoms with van der Waals surface area (Å²) in [5.41, 5.74) is 0. The van der Waals surface area contributed by atoms with Crippen molar-refractivity contribution >= 4 is 11.8 Å². The van der Waals surface area contributed by atoms with Crippen molar-refractivity contribution in [2.45, 2.75) is 32.3 Å². The lowest BCUT2D eigenvalue weighted by molar-refractivity contribution is -0.0247. The average Bonchev–Trinajstić information content (AvgIpc) is 2.84. The van der Waals surface area contributed by atoms with Gasteiger partial charge >= 0.3 is 5.97 Å². The number of furan rings is 1. The van der Waals surface area contributed by atoms with Crippen LogP contribution in [0.5, 0.6) is 0 Å². The molecule has 5 nitrogen and oxygen atoms in total. The van der Waals surface area contributed by atoms with E-state index in [1.165, 1.54) is 19.2 Å². The molecule has 0 amide bonds. The molecule has 1 aromatic heterocycles. The topological polar surface area (TPSA) is 65.7 Å². The van der Waals surface area contributed by atoms with Gasteiger partial charge in [-0.15, -0.1) is 0 Å². The van der Waals surface area contributed by atoms with Crippen molar-refractivity contribution in [3.63, 3.8) is 0 Å². The molecule has 1 aliphatic carbocycles. The number of ether oxygens (including phenoxy) is 2. The smallest absolute Gasteiger partial charge is 0.373 e. The Bertz CT molecular complexity index is 456. The summed E-state index contributed by atoms with van der Waals surface area (Å²) in [6, 6.07) is 2.98. The molecule has 1 aliphatic rings. The molecule has 104 valence electrons. The third kappa shape index (κ3) is 3.23. The number of methoxy groups -OCH3 is 1. The van der Waals surface area contributed by atoms with Gasteiger partial charge in [0.25, 0.3) is 0 Å². The van der Waals surface area contributed by atoms with Gasteiger partial charge in [-0.1, -0.05) is 0 Å². The van der Waals surface area contributed by atoms with Crippen LogP contribution in [0.1, 0.15) is 47.3 Å². The third-order valence-corrected chi connectivity index (χ3v) is 3.34. The zero-order valence-electron chi connectivity index (χ0n) is 11.2. The molecular formula is C14H18O5. The van der Waals surface area contributed by atoms with Crippen LogP contribution >= 0.6 is 0 Å². The van der Waals surface area contributed by atoms with Gasteiger partial charge in [-0.2, -0.15) is 0 Å². The SMILES string of the molecule is CCOC1CC(CC(=O)c2ccc(C(=O)OC)o2)C1. The summed E-state index contributed by atoms with van der Waals surface area (Å²) in [5, 5.41) is 0. The predicted molar refractivity (Wildman–Crippen MR) is 67.1 cm³/mol. The molecule has 0 atom stereocenters. The lowest BCUT2D eigenvalue weighted by Crippen LogP contribution is -2.32. The van der Waals surface area contributed by atoms with Crippen LogP contribution < -0.4 is 0 Å². The largest absolute Gasteiger partial charge is 0.463 e. The molecular weight excluding hydrogens is 248 g/mol. The van der Waals surface area contributed by atoms with E-state index in [-0.39, 0.29) is 17.3 Å². The molecule has 1 heterocycles. The first-order valence-electron chi connectivity index (χ1n) is 6.47. The first kappa shape index (κ1) is 13.8. The van der Waals surface area contributed by atoms with Gasteiger partial charge in [0.1, 0.15) is 0 Å². The standard InChI is InChI=1S/C14H18O5/c1-3-18-10-6-9(7-10)8-11(15)12-4-5-13(19-12)14(16)17-2/h4-5,9-10H,3,6-8H2,1-2H3. The summed E-state index contributed by atoms with van der Waals surface area (Å²) < 4.78 is 15.2. The second-order valence-electron chi connectivity index (χ2n) is 4.70. The molecule has 0 aromatic carbocycles. The van der Waals surface area contributed by atoms with Crippen molar-refractivity contribution in [3.8, 4) is 0 Å². The molecule has 0 saturated heterocycles. The van der Waals surface area contributed by atoms with Gasteiger partial charge < -0.3 is 13.9 Å². The van der Waals surface area contributed by atoms with Crippen molar-refractivity contribution < 1.29 is 23.5 Å². The van der Waals surface area contributed by atoms with Crippen LogP contribution in [0, 0.1) is 5.92 Å². The Morgan fingerprint density at radius 1 is 1.32 bits per heavy atom. The molecule has 5 heteroatoms. The summed E-state index contributed by atoms with van der Waals surface area (Å²) in [6.45, 7) is 2.68. The maximum Gasteiger partial charge on any atom is 0.373 e. The van der Waals surface area contributed by atoms with E-state index in [0.717, 1.165) is 12.8 Å². The molecule has 2 rings (SSSR count). The van der Waals surface area contributed by atoms with Crippen molar-refractivity contribution in [2.75, 3.05) is 13.7 Å². The Labute approximate surface area is 111 Å². The van der Waals surface area contributed by atoms with E-state index in [0.29, 0.717) is 25.0 Å². The Hall–Kier alpha value is -1.62. The highest BCUT2D eigenvalue weighted by atomic mass is 16.5. The Balaban J connectivity index is 1.84. The number of hydrogen-bond acceptors (Lipinski definition) is 5. The van der Waals surface area contributed by atoms with E-state index < -0.39 is 5.97 Å². The molecule has 0 N–H and O–H groups in total. The first-order valence-corrected chi connectivity index (χ1v) is 6.47. The average molecular weight is 266 g/mol. The first-order chi connectivity index (χ1) is 9.13. The highest BCUT2D eigenvalue weighted by molar-refractivity contribution is 5.95. The van der Waals surface area contributed by atoms with Crippen LogP contribution in [0.3, 0.4) is 0 Å². The predicted octanol–water partition coefficient (Wildman–Crippen LogP) is 2.45.